The van der Waals surface area contributed by atoms with E-state index < -0.39 is 5.41 Å². The number of rotatable bonds is 2. The Kier molecular flexibility index (Phi) is 5.00. The van der Waals surface area contributed by atoms with Gasteiger partial charge in [0.2, 0.25) is 5.91 Å². The molecule has 0 spiro atoms. The molecule has 2 fully saturated rings. The van der Waals surface area contributed by atoms with Gasteiger partial charge in [0.05, 0.1) is 22.7 Å². The Balaban J connectivity index is 2.11. The summed E-state index contributed by atoms with van der Waals surface area (Å²) in [6.07, 6.45) is 0. The van der Waals surface area contributed by atoms with Crippen molar-refractivity contribution in [2.75, 3.05) is 29.5 Å². The molecule has 25 heavy (non-hydrogen) atoms. The van der Waals surface area contributed by atoms with Gasteiger partial charge < -0.3 is 0 Å². The zero-order valence-corrected chi connectivity index (χ0v) is 16.8. The fourth-order valence-electron chi connectivity index (χ4n) is 3.69. The molecule has 1 aromatic carbocycles. The van der Waals surface area contributed by atoms with Crippen molar-refractivity contribution >= 4 is 29.2 Å². The van der Waals surface area contributed by atoms with Gasteiger partial charge in [0, 0.05) is 24.6 Å². The van der Waals surface area contributed by atoms with Gasteiger partial charge in [-0.2, -0.15) is 11.8 Å². The molecule has 1 amide bonds. The monoisotopic (exact) mass is 359 g/mol. The summed E-state index contributed by atoms with van der Waals surface area (Å²) in [5, 5.41) is 0. The SMILES string of the molecule is CC(C)(C)N=C1C(N2CCSCC2)C(C)(C)C(=O)N1c1ccccc1. The molecule has 5 heteroatoms. The lowest BCUT2D eigenvalue weighted by Gasteiger charge is -2.37. The van der Waals surface area contributed by atoms with Crippen molar-refractivity contribution in [3.63, 3.8) is 0 Å². The Morgan fingerprint density at radius 3 is 2.28 bits per heavy atom. The third-order valence-corrected chi connectivity index (χ3v) is 5.73. The first-order valence-corrected chi connectivity index (χ1v) is 10.2. The van der Waals surface area contributed by atoms with Crippen LogP contribution < -0.4 is 4.90 Å². The zero-order chi connectivity index (χ0) is 18.2. The fourth-order valence-corrected chi connectivity index (χ4v) is 4.62. The lowest BCUT2D eigenvalue weighted by Crippen LogP contribution is -2.51. The number of thioether (sulfide) groups is 1. The van der Waals surface area contributed by atoms with Crippen molar-refractivity contribution in [2.45, 2.75) is 46.2 Å². The van der Waals surface area contributed by atoms with Gasteiger partial charge in [-0.15, -0.1) is 0 Å². The first-order chi connectivity index (χ1) is 11.7. The largest absolute Gasteiger partial charge is 0.291 e. The molecule has 1 atom stereocenters. The number of hydrogen-bond donors (Lipinski definition) is 0. The molecule has 2 aliphatic heterocycles. The molecule has 2 aliphatic rings. The molecule has 0 N–H and O–H groups in total. The van der Waals surface area contributed by atoms with Crippen LogP contribution in [0.2, 0.25) is 0 Å². The van der Waals surface area contributed by atoms with E-state index in [1.165, 1.54) is 0 Å². The molecule has 2 heterocycles. The third kappa shape index (κ3) is 3.63. The number of anilines is 1. The maximum atomic E-state index is 13.4. The number of nitrogens with zero attached hydrogens (tertiary/aromatic N) is 3. The van der Waals surface area contributed by atoms with Gasteiger partial charge in [-0.3, -0.25) is 19.6 Å². The number of aliphatic imine (C=N–C) groups is 1. The molecule has 2 saturated heterocycles. The standard InChI is InChI=1S/C20H29N3OS/c1-19(2,3)21-17-16(22-11-13-25-14-12-22)20(4,5)18(24)23(17)15-9-7-6-8-10-15/h6-10,16H,11-14H2,1-5H3. The van der Waals surface area contributed by atoms with Crippen LogP contribution in [0.5, 0.6) is 0 Å². The summed E-state index contributed by atoms with van der Waals surface area (Å²) in [6.45, 7) is 12.5. The maximum absolute atomic E-state index is 13.4. The van der Waals surface area contributed by atoms with Gasteiger partial charge in [0.25, 0.3) is 0 Å². The summed E-state index contributed by atoms with van der Waals surface area (Å²) in [7, 11) is 0. The summed E-state index contributed by atoms with van der Waals surface area (Å²) >= 11 is 1.99. The Labute approximate surface area is 155 Å². The van der Waals surface area contributed by atoms with Crippen LogP contribution in [0.4, 0.5) is 5.69 Å². The van der Waals surface area contributed by atoms with Gasteiger partial charge in [-0.1, -0.05) is 18.2 Å². The van der Waals surface area contributed by atoms with Crippen molar-refractivity contribution in [3.8, 4) is 0 Å². The van der Waals surface area contributed by atoms with Crippen molar-refractivity contribution in [1.29, 1.82) is 0 Å². The number of carbonyl (C=O) groups is 1. The van der Waals surface area contributed by atoms with E-state index in [0.29, 0.717) is 0 Å². The predicted molar refractivity (Wildman–Crippen MR) is 108 cm³/mol. The highest BCUT2D eigenvalue weighted by Crippen LogP contribution is 2.40. The third-order valence-electron chi connectivity index (χ3n) is 4.79. The van der Waals surface area contributed by atoms with Crippen molar-refractivity contribution in [3.05, 3.63) is 30.3 Å². The van der Waals surface area contributed by atoms with Gasteiger partial charge in [0.15, 0.2) is 0 Å². The molecule has 0 aliphatic carbocycles. The zero-order valence-electron chi connectivity index (χ0n) is 16.0. The van der Waals surface area contributed by atoms with Crippen LogP contribution in [0.1, 0.15) is 34.6 Å². The summed E-state index contributed by atoms with van der Waals surface area (Å²) in [4.78, 5) is 22.8. The van der Waals surface area contributed by atoms with Crippen LogP contribution in [0, 0.1) is 5.41 Å². The normalized spacial score (nSPS) is 26.4. The van der Waals surface area contributed by atoms with Gasteiger partial charge in [0.1, 0.15) is 5.84 Å². The Hall–Kier alpha value is -1.33. The lowest BCUT2D eigenvalue weighted by atomic mass is 9.85. The Morgan fingerprint density at radius 2 is 1.72 bits per heavy atom. The van der Waals surface area contributed by atoms with E-state index in [-0.39, 0.29) is 17.5 Å². The Bertz CT molecular complexity index is 657. The van der Waals surface area contributed by atoms with Crippen LogP contribution in [-0.4, -0.2) is 52.8 Å². The number of amides is 1. The molecule has 4 nitrogen and oxygen atoms in total. The van der Waals surface area contributed by atoms with Crippen molar-refractivity contribution < 1.29 is 4.79 Å². The summed E-state index contributed by atoms with van der Waals surface area (Å²) in [5.41, 5.74) is 0.200. The first-order valence-electron chi connectivity index (χ1n) is 9.03. The van der Waals surface area contributed by atoms with E-state index in [2.05, 4.69) is 39.5 Å². The predicted octanol–water partition coefficient (Wildman–Crippen LogP) is 3.67. The molecule has 136 valence electrons. The van der Waals surface area contributed by atoms with Gasteiger partial charge in [-0.05, 0) is 46.8 Å². The second kappa shape index (κ2) is 6.76. The van der Waals surface area contributed by atoms with Gasteiger partial charge in [-0.25, -0.2) is 0 Å². The topological polar surface area (TPSA) is 35.9 Å². The van der Waals surface area contributed by atoms with Crippen LogP contribution in [0.3, 0.4) is 0 Å². The fraction of sp³-hybridized carbons (Fsp3) is 0.600. The second-order valence-electron chi connectivity index (χ2n) is 8.39. The lowest BCUT2D eigenvalue weighted by molar-refractivity contribution is -0.125. The average Bonchev–Trinajstić information content (AvgIpc) is 2.73. The molecular weight excluding hydrogens is 330 g/mol. The minimum absolute atomic E-state index is 0.0281. The molecule has 0 radical (unpaired) electrons. The second-order valence-corrected chi connectivity index (χ2v) is 9.61. The van der Waals surface area contributed by atoms with E-state index in [0.717, 1.165) is 36.1 Å². The van der Waals surface area contributed by atoms with E-state index in [1.807, 2.05) is 47.0 Å². The molecule has 0 aromatic heterocycles. The van der Waals surface area contributed by atoms with E-state index >= 15 is 0 Å². The highest BCUT2D eigenvalue weighted by atomic mass is 32.2. The summed E-state index contributed by atoms with van der Waals surface area (Å²) < 4.78 is 0. The number of amidine groups is 1. The molecule has 1 unspecified atom stereocenters. The first kappa shape index (κ1) is 18.5. The number of carbonyl (C=O) groups excluding carboxylic acids is 1. The minimum atomic E-state index is -0.484. The number of para-hydroxylation sites is 1. The molecule has 0 saturated carbocycles. The molecule has 1 aromatic rings. The minimum Gasteiger partial charge on any atom is -0.291 e. The van der Waals surface area contributed by atoms with E-state index in [1.54, 1.807) is 0 Å². The highest BCUT2D eigenvalue weighted by molar-refractivity contribution is 7.99. The van der Waals surface area contributed by atoms with E-state index in [9.17, 15) is 4.79 Å². The molecule has 3 rings (SSSR count). The van der Waals surface area contributed by atoms with Crippen LogP contribution in [0.25, 0.3) is 0 Å². The Morgan fingerprint density at radius 1 is 1.12 bits per heavy atom. The maximum Gasteiger partial charge on any atom is 0.240 e. The van der Waals surface area contributed by atoms with E-state index in [4.69, 9.17) is 4.99 Å². The smallest absolute Gasteiger partial charge is 0.240 e. The summed E-state index contributed by atoms with van der Waals surface area (Å²) in [5.74, 6) is 3.29. The van der Waals surface area contributed by atoms with Gasteiger partial charge >= 0.3 is 0 Å². The highest BCUT2D eigenvalue weighted by Gasteiger charge is 2.55. The van der Waals surface area contributed by atoms with Crippen LogP contribution in [0.15, 0.2) is 35.3 Å². The summed E-state index contributed by atoms with van der Waals surface area (Å²) in [6, 6.07) is 9.97. The number of benzene rings is 1. The van der Waals surface area contributed by atoms with Crippen molar-refractivity contribution in [2.24, 2.45) is 10.4 Å². The average molecular weight is 360 g/mol. The number of hydrogen-bond acceptors (Lipinski definition) is 4. The molecular formula is C20H29N3OS. The quantitative estimate of drug-likeness (QED) is 0.808. The molecule has 0 bridgehead atoms. The van der Waals surface area contributed by atoms with Crippen LogP contribution in [-0.2, 0) is 4.79 Å². The van der Waals surface area contributed by atoms with Crippen molar-refractivity contribution in [1.82, 2.24) is 4.90 Å². The van der Waals surface area contributed by atoms with Crippen LogP contribution >= 0.6 is 11.8 Å².